The van der Waals surface area contributed by atoms with Gasteiger partial charge in [0.2, 0.25) is 5.91 Å². The van der Waals surface area contributed by atoms with Crippen LogP contribution in [0.2, 0.25) is 0 Å². The first-order chi connectivity index (χ1) is 17.0. The van der Waals surface area contributed by atoms with Crippen LogP contribution in [-0.4, -0.2) is 67.4 Å². The first-order valence-corrected chi connectivity index (χ1v) is 11.4. The van der Waals surface area contributed by atoms with E-state index >= 15 is 0 Å². The molecule has 3 amide bonds. The third-order valence-corrected chi connectivity index (χ3v) is 5.84. The number of carbonyl (C=O) groups is 3. The third kappa shape index (κ3) is 6.24. The van der Waals surface area contributed by atoms with Crippen molar-refractivity contribution >= 4 is 29.1 Å². The van der Waals surface area contributed by atoms with E-state index in [0.717, 1.165) is 0 Å². The minimum absolute atomic E-state index is 0.00602. The minimum Gasteiger partial charge on any atom is -0.497 e. The second-order valence-corrected chi connectivity index (χ2v) is 8.21. The van der Waals surface area contributed by atoms with Crippen molar-refractivity contribution in [1.82, 2.24) is 9.80 Å². The lowest BCUT2D eigenvalue weighted by molar-refractivity contribution is -0.117. The van der Waals surface area contributed by atoms with Gasteiger partial charge >= 0.3 is 0 Å². The molecule has 0 saturated carbocycles. The summed E-state index contributed by atoms with van der Waals surface area (Å²) in [5, 5.41) is 5.70. The van der Waals surface area contributed by atoms with Crippen LogP contribution in [0.25, 0.3) is 0 Å². The normalized spacial score (nSPS) is 13.7. The summed E-state index contributed by atoms with van der Waals surface area (Å²) in [6.45, 7) is 2.50. The lowest BCUT2D eigenvalue weighted by atomic mass is 10.1. The number of carbonyl (C=O) groups excluding carboxylic acids is 3. The average molecular weight is 473 g/mol. The molecule has 0 unspecified atom stereocenters. The number of amides is 3. The van der Waals surface area contributed by atoms with E-state index in [-0.39, 0.29) is 24.3 Å². The molecule has 4 rings (SSSR count). The lowest BCUT2D eigenvalue weighted by Gasteiger charge is -2.34. The number of piperazine rings is 1. The molecule has 1 fully saturated rings. The molecule has 180 valence electrons. The number of nitrogens with one attached hydrogen (secondary N) is 2. The van der Waals surface area contributed by atoms with Crippen LogP contribution in [0.15, 0.2) is 78.9 Å². The van der Waals surface area contributed by atoms with Crippen LogP contribution >= 0.6 is 0 Å². The summed E-state index contributed by atoms with van der Waals surface area (Å²) in [5.41, 5.74) is 2.11. The molecule has 35 heavy (non-hydrogen) atoms. The van der Waals surface area contributed by atoms with E-state index in [1.165, 1.54) is 0 Å². The predicted molar refractivity (Wildman–Crippen MR) is 135 cm³/mol. The molecular formula is C27H28N4O4. The fraction of sp³-hybridized carbons (Fsp3) is 0.222. The van der Waals surface area contributed by atoms with Gasteiger partial charge in [-0.05, 0) is 48.5 Å². The largest absolute Gasteiger partial charge is 0.497 e. The van der Waals surface area contributed by atoms with E-state index < -0.39 is 0 Å². The molecule has 3 aromatic rings. The maximum absolute atomic E-state index is 12.8. The van der Waals surface area contributed by atoms with E-state index in [4.69, 9.17) is 4.74 Å². The van der Waals surface area contributed by atoms with Gasteiger partial charge in [-0.15, -0.1) is 0 Å². The average Bonchev–Trinajstić information content (AvgIpc) is 2.90. The summed E-state index contributed by atoms with van der Waals surface area (Å²) in [5.74, 6) is 0.170. The molecule has 0 atom stereocenters. The van der Waals surface area contributed by atoms with Crippen LogP contribution in [0.4, 0.5) is 11.4 Å². The second-order valence-electron chi connectivity index (χ2n) is 8.21. The van der Waals surface area contributed by atoms with Crippen molar-refractivity contribution in [3.8, 4) is 5.75 Å². The van der Waals surface area contributed by atoms with Gasteiger partial charge in [0.25, 0.3) is 11.8 Å². The maximum Gasteiger partial charge on any atom is 0.257 e. The van der Waals surface area contributed by atoms with Gasteiger partial charge in [-0.3, -0.25) is 19.3 Å². The van der Waals surface area contributed by atoms with Gasteiger partial charge in [0, 0.05) is 37.4 Å². The zero-order valence-electron chi connectivity index (χ0n) is 19.6. The van der Waals surface area contributed by atoms with E-state index in [9.17, 15) is 14.4 Å². The quantitative estimate of drug-likeness (QED) is 0.550. The van der Waals surface area contributed by atoms with Crippen molar-refractivity contribution in [3.05, 3.63) is 90.0 Å². The predicted octanol–water partition coefficient (Wildman–Crippen LogP) is 3.34. The Balaban J connectivity index is 1.31. The summed E-state index contributed by atoms with van der Waals surface area (Å²) < 4.78 is 5.14. The molecule has 8 heteroatoms. The summed E-state index contributed by atoms with van der Waals surface area (Å²) in [6.07, 6.45) is 0. The summed E-state index contributed by atoms with van der Waals surface area (Å²) in [6, 6.07) is 23.1. The molecule has 1 heterocycles. The Morgan fingerprint density at radius 3 is 2.14 bits per heavy atom. The standard InChI is InChI=1S/C27H28N4O4/c1-35-22-13-11-21(12-14-22)28-26(33)23-9-5-6-10-24(23)29-25(32)19-30-15-17-31(18-16-30)27(34)20-7-3-2-4-8-20/h2-14H,15-19H2,1H3,(H,28,33)(H,29,32). The zero-order chi connectivity index (χ0) is 24.6. The van der Waals surface area contributed by atoms with E-state index in [2.05, 4.69) is 10.6 Å². The Hall–Kier alpha value is -4.17. The van der Waals surface area contributed by atoms with E-state index in [0.29, 0.717) is 54.4 Å². The number of anilines is 2. The molecule has 0 aliphatic carbocycles. The van der Waals surface area contributed by atoms with Crippen LogP contribution < -0.4 is 15.4 Å². The lowest BCUT2D eigenvalue weighted by Crippen LogP contribution is -2.50. The number of hydrogen-bond acceptors (Lipinski definition) is 5. The van der Waals surface area contributed by atoms with Crippen LogP contribution in [0, 0.1) is 0 Å². The molecule has 0 radical (unpaired) electrons. The highest BCUT2D eigenvalue weighted by Gasteiger charge is 2.23. The number of para-hydroxylation sites is 1. The zero-order valence-corrected chi connectivity index (χ0v) is 19.6. The molecule has 1 saturated heterocycles. The third-order valence-electron chi connectivity index (χ3n) is 5.84. The van der Waals surface area contributed by atoms with Crippen molar-refractivity contribution in [1.29, 1.82) is 0 Å². The second kappa shape index (κ2) is 11.3. The van der Waals surface area contributed by atoms with Crippen molar-refractivity contribution in [2.75, 3.05) is 50.5 Å². The van der Waals surface area contributed by atoms with Gasteiger partial charge in [-0.2, -0.15) is 0 Å². The van der Waals surface area contributed by atoms with E-state index in [1.54, 1.807) is 55.6 Å². The minimum atomic E-state index is -0.320. The number of ether oxygens (including phenoxy) is 1. The van der Waals surface area contributed by atoms with Crippen molar-refractivity contribution < 1.29 is 19.1 Å². The fourth-order valence-electron chi connectivity index (χ4n) is 3.93. The fourth-order valence-corrected chi connectivity index (χ4v) is 3.93. The molecule has 1 aliphatic rings. The highest BCUT2D eigenvalue weighted by Crippen LogP contribution is 2.20. The molecular weight excluding hydrogens is 444 g/mol. The van der Waals surface area contributed by atoms with Crippen LogP contribution in [-0.2, 0) is 4.79 Å². The number of nitrogens with zero attached hydrogens (tertiary/aromatic N) is 2. The maximum atomic E-state index is 12.8. The van der Waals surface area contributed by atoms with Gasteiger partial charge in [0.1, 0.15) is 5.75 Å². The Bertz CT molecular complexity index is 1170. The summed E-state index contributed by atoms with van der Waals surface area (Å²) in [7, 11) is 1.58. The Morgan fingerprint density at radius 2 is 1.46 bits per heavy atom. The molecule has 1 aliphatic heterocycles. The first kappa shape index (κ1) is 24.0. The van der Waals surface area contributed by atoms with Gasteiger partial charge in [0.05, 0.1) is 24.9 Å². The van der Waals surface area contributed by atoms with E-state index in [1.807, 2.05) is 40.1 Å². The SMILES string of the molecule is COc1ccc(NC(=O)c2ccccc2NC(=O)CN2CCN(C(=O)c3ccccc3)CC2)cc1. The highest BCUT2D eigenvalue weighted by atomic mass is 16.5. The number of hydrogen-bond donors (Lipinski definition) is 2. The number of benzene rings is 3. The molecule has 0 spiro atoms. The molecule has 0 aromatic heterocycles. The Labute approximate surface area is 204 Å². The van der Waals surface area contributed by atoms with Crippen LogP contribution in [0.5, 0.6) is 5.75 Å². The van der Waals surface area contributed by atoms with Gasteiger partial charge < -0.3 is 20.3 Å². The molecule has 2 N–H and O–H groups in total. The van der Waals surface area contributed by atoms with Crippen LogP contribution in [0.1, 0.15) is 20.7 Å². The van der Waals surface area contributed by atoms with Crippen molar-refractivity contribution in [2.45, 2.75) is 0 Å². The summed E-state index contributed by atoms with van der Waals surface area (Å²) >= 11 is 0. The topological polar surface area (TPSA) is 91.0 Å². The monoisotopic (exact) mass is 472 g/mol. The smallest absolute Gasteiger partial charge is 0.257 e. The molecule has 3 aromatic carbocycles. The molecule has 0 bridgehead atoms. The van der Waals surface area contributed by atoms with Gasteiger partial charge in [-0.25, -0.2) is 0 Å². The Morgan fingerprint density at radius 1 is 0.800 bits per heavy atom. The van der Waals surface area contributed by atoms with Crippen molar-refractivity contribution in [3.63, 3.8) is 0 Å². The highest BCUT2D eigenvalue weighted by molar-refractivity contribution is 6.10. The number of rotatable bonds is 7. The molecule has 8 nitrogen and oxygen atoms in total. The number of methoxy groups -OCH3 is 1. The first-order valence-electron chi connectivity index (χ1n) is 11.4. The van der Waals surface area contributed by atoms with Gasteiger partial charge in [-0.1, -0.05) is 30.3 Å². The summed E-state index contributed by atoms with van der Waals surface area (Å²) in [4.78, 5) is 42.0. The Kier molecular flexibility index (Phi) is 7.74. The van der Waals surface area contributed by atoms with Gasteiger partial charge in [0.15, 0.2) is 0 Å². The van der Waals surface area contributed by atoms with Crippen LogP contribution in [0.3, 0.4) is 0 Å². The van der Waals surface area contributed by atoms with Crippen molar-refractivity contribution in [2.24, 2.45) is 0 Å².